The fraction of sp³-hybridized carbons (Fsp3) is 0.290. The normalized spacial score (nSPS) is 19.5. The molecule has 2 heteroatoms. The Morgan fingerprint density at radius 1 is 1.09 bits per heavy atom. The lowest BCUT2D eigenvalue weighted by atomic mass is 9.58. The summed E-state index contributed by atoms with van der Waals surface area (Å²) in [5.41, 5.74) is 4.29. The van der Waals surface area contributed by atoms with Gasteiger partial charge in [0.2, 0.25) is 0 Å². The van der Waals surface area contributed by atoms with Crippen molar-refractivity contribution in [2.24, 2.45) is 17.3 Å². The highest BCUT2D eigenvalue weighted by Gasteiger charge is 2.46. The van der Waals surface area contributed by atoms with E-state index in [-0.39, 0.29) is 17.8 Å². The zero-order valence-electron chi connectivity index (χ0n) is 19.7. The molecule has 0 saturated heterocycles. The molecule has 0 fully saturated rings. The Labute approximate surface area is 198 Å². The Balaban J connectivity index is 2.26. The van der Waals surface area contributed by atoms with Crippen molar-refractivity contribution in [2.75, 3.05) is 0 Å². The van der Waals surface area contributed by atoms with Gasteiger partial charge in [-0.15, -0.1) is 6.58 Å². The van der Waals surface area contributed by atoms with E-state index >= 15 is 0 Å². The van der Waals surface area contributed by atoms with Crippen LogP contribution in [0.5, 0.6) is 0 Å². The fourth-order valence-corrected chi connectivity index (χ4v) is 5.26. The summed E-state index contributed by atoms with van der Waals surface area (Å²) in [5.74, 6) is 0.155. The Morgan fingerprint density at radius 3 is 2.24 bits per heavy atom. The molecule has 0 saturated carbocycles. The zero-order valence-corrected chi connectivity index (χ0v) is 19.7. The minimum absolute atomic E-state index is 0.00393. The predicted molar refractivity (Wildman–Crippen MR) is 137 cm³/mol. The maximum atomic E-state index is 10.3. The number of allylic oxidation sites excluding steroid dienone is 5. The van der Waals surface area contributed by atoms with Crippen molar-refractivity contribution in [2.45, 2.75) is 39.0 Å². The van der Waals surface area contributed by atoms with Crippen LogP contribution in [-0.4, -0.2) is 0 Å². The van der Waals surface area contributed by atoms with Crippen molar-refractivity contribution in [3.05, 3.63) is 114 Å². The molecule has 0 bridgehead atoms. The van der Waals surface area contributed by atoms with Gasteiger partial charge in [0, 0.05) is 12.3 Å². The first-order valence-corrected chi connectivity index (χ1v) is 11.5. The highest BCUT2D eigenvalue weighted by molar-refractivity contribution is 5.53. The quantitative estimate of drug-likeness (QED) is 0.397. The molecule has 0 radical (unpaired) electrons. The van der Waals surface area contributed by atoms with Crippen LogP contribution in [-0.2, 0) is 0 Å². The van der Waals surface area contributed by atoms with Crippen LogP contribution in [0.1, 0.15) is 50.2 Å². The van der Waals surface area contributed by atoms with Crippen LogP contribution in [0.25, 0.3) is 6.08 Å². The van der Waals surface area contributed by atoms with Crippen LogP contribution < -0.4 is 0 Å². The van der Waals surface area contributed by atoms with Gasteiger partial charge >= 0.3 is 0 Å². The van der Waals surface area contributed by atoms with E-state index in [1.165, 1.54) is 5.56 Å². The molecular formula is C31H32N2. The van der Waals surface area contributed by atoms with Gasteiger partial charge in [-0.2, -0.15) is 10.5 Å². The third-order valence-electron chi connectivity index (χ3n) is 6.85. The maximum absolute atomic E-state index is 10.3. The standard InChI is InChI=1S/C31H32N2/c1-5-20-31(21-32,22-33)30-24(4)16-18-27(23(2)3)29(30)28(26-14-10-7-11-15-26)19-17-25-12-8-6-9-13-25/h5-15,17,19,27-29H,1-2,16,18,20H2,3-4H3/b19-17+. The molecule has 0 spiro atoms. The molecule has 2 aromatic rings. The molecule has 0 amide bonds. The summed E-state index contributed by atoms with van der Waals surface area (Å²) in [6, 6.07) is 25.5. The Bertz CT molecular complexity index is 1110. The maximum Gasteiger partial charge on any atom is 0.168 e. The molecule has 2 nitrogen and oxygen atoms in total. The molecule has 3 rings (SSSR count). The van der Waals surface area contributed by atoms with Crippen molar-refractivity contribution < 1.29 is 0 Å². The average Bonchev–Trinajstić information content (AvgIpc) is 2.84. The van der Waals surface area contributed by atoms with Crippen molar-refractivity contribution in [3.8, 4) is 12.1 Å². The third kappa shape index (κ3) is 5.08. The molecule has 3 unspecified atom stereocenters. The minimum atomic E-state index is -1.22. The fourth-order valence-electron chi connectivity index (χ4n) is 5.26. The second-order valence-corrected chi connectivity index (χ2v) is 9.04. The van der Waals surface area contributed by atoms with Gasteiger partial charge in [0.15, 0.2) is 5.41 Å². The summed E-state index contributed by atoms with van der Waals surface area (Å²) in [7, 11) is 0. The lowest BCUT2D eigenvalue weighted by Gasteiger charge is -2.43. The lowest BCUT2D eigenvalue weighted by Crippen LogP contribution is -2.36. The van der Waals surface area contributed by atoms with Gasteiger partial charge in [-0.05, 0) is 55.2 Å². The molecule has 0 aliphatic heterocycles. The Kier molecular flexibility index (Phi) is 7.87. The van der Waals surface area contributed by atoms with Crippen LogP contribution in [0.15, 0.2) is 103 Å². The van der Waals surface area contributed by atoms with E-state index in [1.54, 1.807) is 6.08 Å². The average molecular weight is 433 g/mol. The first kappa shape index (κ1) is 24.0. The number of nitrogens with zero attached hydrogens (tertiary/aromatic N) is 2. The topological polar surface area (TPSA) is 47.6 Å². The molecule has 0 aromatic heterocycles. The molecule has 0 heterocycles. The van der Waals surface area contributed by atoms with E-state index in [0.29, 0.717) is 6.42 Å². The first-order valence-electron chi connectivity index (χ1n) is 11.5. The third-order valence-corrected chi connectivity index (χ3v) is 6.85. The highest BCUT2D eigenvalue weighted by Crippen LogP contribution is 2.53. The number of hydrogen-bond acceptors (Lipinski definition) is 2. The first-order chi connectivity index (χ1) is 16.0. The van der Waals surface area contributed by atoms with E-state index < -0.39 is 5.41 Å². The van der Waals surface area contributed by atoms with Crippen molar-refractivity contribution in [1.82, 2.24) is 0 Å². The number of hydrogen-bond donors (Lipinski definition) is 0. The van der Waals surface area contributed by atoms with E-state index in [9.17, 15) is 10.5 Å². The Morgan fingerprint density at radius 2 is 1.70 bits per heavy atom. The molecule has 1 aliphatic carbocycles. The largest absolute Gasteiger partial charge is 0.196 e. The SMILES string of the molecule is C=CCC(C#N)(C#N)C1=C(C)CCC(C(=C)C)C1C(/C=C/c1ccccc1)c1ccccc1. The van der Waals surface area contributed by atoms with Crippen molar-refractivity contribution >= 4 is 6.08 Å². The van der Waals surface area contributed by atoms with Crippen LogP contribution in [0.2, 0.25) is 0 Å². The van der Waals surface area contributed by atoms with Crippen LogP contribution in [0.3, 0.4) is 0 Å². The van der Waals surface area contributed by atoms with Crippen LogP contribution >= 0.6 is 0 Å². The van der Waals surface area contributed by atoms with Crippen molar-refractivity contribution in [1.29, 1.82) is 10.5 Å². The van der Waals surface area contributed by atoms with Crippen LogP contribution in [0, 0.1) is 39.9 Å². The number of benzene rings is 2. The number of nitriles is 2. The van der Waals surface area contributed by atoms with Crippen molar-refractivity contribution in [3.63, 3.8) is 0 Å². The summed E-state index contributed by atoms with van der Waals surface area (Å²) < 4.78 is 0. The molecule has 33 heavy (non-hydrogen) atoms. The van der Waals surface area contributed by atoms with Gasteiger partial charge < -0.3 is 0 Å². The second kappa shape index (κ2) is 10.8. The van der Waals surface area contributed by atoms with Gasteiger partial charge in [-0.25, -0.2) is 0 Å². The molecule has 0 N–H and O–H groups in total. The summed E-state index contributed by atoms with van der Waals surface area (Å²) in [6.45, 7) is 12.4. The van der Waals surface area contributed by atoms with Gasteiger partial charge in [0.1, 0.15) is 0 Å². The van der Waals surface area contributed by atoms with Gasteiger partial charge in [-0.1, -0.05) is 96.6 Å². The second-order valence-electron chi connectivity index (χ2n) is 9.04. The molecule has 1 aliphatic rings. The summed E-state index contributed by atoms with van der Waals surface area (Å²) >= 11 is 0. The van der Waals surface area contributed by atoms with E-state index in [4.69, 9.17) is 0 Å². The smallest absolute Gasteiger partial charge is 0.168 e. The van der Waals surface area contributed by atoms with Crippen LogP contribution in [0.4, 0.5) is 0 Å². The minimum Gasteiger partial charge on any atom is -0.196 e. The van der Waals surface area contributed by atoms with E-state index in [2.05, 4.69) is 87.7 Å². The predicted octanol–water partition coefficient (Wildman–Crippen LogP) is 8.01. The van der Waals surface area contributed by atoms with Gasteiger partial charge in [0.25, 0.3) is 0 Å². The molecule has 3 atom stereocenters. The summed E-state index contributed by atoms with van der Waals surface area (Å²) in [6.07, 6.45) is 8.26. The van der Waals surface area contributed by atoms with E-state index in [1.807, 2.05) is 24.3 Å². The van der Waals surface area contributed by atoms with Gasteiger partial charge in [-0.3, -0.25) is 0 Å². The zero-order chi connectivity index (χ0) is 23.8. The molecule has 2 aromatic carbocycles. The monoisotopic (exact) mass is 432 g/mol. The van der Waals surface area contributed by atoms with E-state index in [0.717, 1.165) is 35.1 Å². The molecular weight excluding hydrogens is 400 g/mol. The molecule has 166 valence electrons. The van der Waals surface area contributed by atoms with Gasteiger partial charge in [0.05, 0.1) is 12.1 Å². The number of rotatable bonds is 8. The summed E-state index contributed by atoms with van der Waals surface area (Å²) in [5, 5.41) is 20.6. The lowest BCUT2D eigenvalue weighted by molar-refractivity contribution is 0.314. The summed E-state index contributed by atoms with van der Waals surface area (Å²) in [4.78, 5) is 0. The Hall–Kier alpha value is -3.62. The highest BCUT2D eigenvalue weighted by atomic mass is 14.5.